The topological polar surface area (TPSA) is 59.2 Å². The standard InChI is InChI=1S/C18H31N3O/c1-13(2)18(17(19)22,16-9-7-8-11-20-16)10-12-21(14(3)4)15(5)6/h7-9,11,13-15H,10,12H2,1-6H3,(H2,19,22)/t18-/m1/s1. The molecule has 1 heterocycles. The number of nitrogens with two attached hydrogens (primary N) is 1. The van der Waals surface area contributed by atoms with Crippen LogP contribution in [0.4, 0.5) is 0 Å². The van der Waals surface area contributed by atoms with Gasteiger partial charge in [0, 0.05) is 24.8 Å². The van der Waals surface area contributed by atoms with E-state index < -0.39 is 5.41 Å². The largest absolute Gasteiger partial charge is 0.369 e. The molecule has 22 heavy (non-hydrogen) atoms. The SMILES string of the molecule is CC(C)N(CC[C@](C(N)=O)(c1ccccn1)C(C)C)C(C)C. The minimum absolute atomic E-state index is 0.0982. The zero-order chi connectivity index (χ0) is 16.9. The molecule has 1 aromatic rings. The van der Waals surface area contributed by atoms with Gasteiger partial charge in [-0.1, -0.05) is 19.9 Å². The summed E-state index contributed by atoms with van der Waals surface area (Å²) in [5.41, 5.74) is 5.91. The Bertz CT molecular complexity index is 462. The molecular formula is C18H31N3O. The molecule has 0 aliphatic rings. The molecule has 0 bridgehead atoms. The Morgan fingerprint density at radius 1 is 1.18 bits per heavy atom. The molecule has 1 amide bonds. The van der Waals surface area contributed by atoms with E-state index in [2.05, 4.69) is 51.4 Å². The van der Waals surface area contributed by atoms with Gasteiger partial charge in [0.2, 0.25) is 5.91 Å². The number of primary amides is 1. The molecule has 2 N–H and O–H groups in total. The Hall–Kier alpha value is -1.42. The lowest BCUT2D eigenvalue weighted by Gasteiger charge is -2.38. The zero-order valence-corrected chi connectivity index (χ0v) is 14.8. The Morgan fingerprint density at radius 2 is 1.77 bits per heavy atom. The average molecular weight is 305 g/mol. The van der Waals surface area contributed by atoms with Crippen molar-refractivity contribution in [1.82, 2.24) is 9.88 Å². The third-order valence-corrected chi connectivity index (χ3v) is 4.64. The quantitative estimate of drug-likeness (QED) is 0.803. The first kappa shape index (κ1) is 18.6. The van der Waals surface area contributed by atoms with E-state index in [0.29, 0.717) is 18.5 Å². The molecule has 124 valence electrons. The lowest BCUT2D eigenvalue weighted by molar-refractivity contribution is -0.126. The van der Waals surface area contributed by atoms with Gasteiger partial charge >= 0.3 is 0 Å². The lowest BCUT2D eigenvalue weighted by Crippen LogP contribution is -2.49. The fraction of sp³-hybridized carbons (Fsp3) is 0.667. The fourth-order valence-corrected chi connectivity index (χ4v) is 3.29. The zero-order valence-electron chi connectivity index (χ0n) is 14.8. The molecule has 0 aromatic carbocycles. The van der Waals surface area contributed by atoms with E-state index in [4.69, 9.17) is 5.73 Å². The molecule has 0 aliphatic carbocycles. The van der Waals surface area contributed by atoms with Crippen molar-refractivity contribution < 1.29 is 4.79 Å². The summed E-state index contributed by atoms with van der Waals surface area (Å²) < 4.78 is 0. The van der Waals surface area contributed by atoms with E-state index in [1.807, 2.05) is 18.2 Å². The maximum atomic E-state index is 12.4. The number of hydrogen-bond acceptors (Lipinski definition) is 3. The number of carbonyl (C=O) groups excluding carboxylic acids is 1. The van der Waals surface area contributed by atoms with Crippen LogP contribution < -0.4 is 5.73 Å². The van der Waals surface area contributed by atoms with Crippen LogP contribution in [-0.2, 0) is 10.2 Å². The van der Waals surface area contributed by atoms with Gasteiger partial charge < -0.3 is 5.73 Å². The first-order valence-corrected chi connectivity index (χ1v) is 8.20. The van der Waals surface area contributed by atoms with E-state index in [-0.39, 0.29) is 11.8 Å². The molecular weight excluding hydrogens is 274 g/mol. The fourth-order valence-electron chi connectivity index (χ4n) is 3.29. The molecule has 0 unspecified atom stereocenters. The third kappa shape index (κ3) is 3.86. The predicted octanol–water partition coefficient (Wildman–Crippen LogP) is 2.97. The van der Waals surface area contributed by atoms with Gasteiger partial charge in [0.05, 0.1) is 11.1 Å². The van der Waals surface area contributed by atoms with Gasteiger partial charge in [-0.05, 0) is 52.2 Å². The highest BCUT2D eigenvalue weighted by atomic mass is 16.1. The van der Waals surface area contributed by atoms with E-state index in [9.17, 15) is 4.79 Å². The van der Waals surface area contributed by atoms with Crippen LogP contribution in [0.3, 0.4) is 0 Å². The summed E-state index contributed by atoms with van der Waals surface area (Å²) in [5.74, 6) is -0.185. The van der Waals surface area contributed by atoms with Gasteiger partial charge in [0.25, 0.3) is 0 Å². The second-order valence-electron chi connectivity index (χ2n) is 6.88. The second kappa shape index (κ2) is 7.73. The number of carbonyl (C=O) groups is 1. The number of hydrogen-bond donors (Lipinski definition) is 1. The summed E-state index contributed by atoms with van der Waals surface area (Å²) in [7, 11) is 0. The Balaban J connectivity index is 3.15. The smallest absolute Gasteiger partial charge is 0.229 e. The van der Waals surface area contributed by atoms with Crippen LogP contribution in [0, 0.1) is 5.92 Å². The maximum Gasteiger partial charge on any atom is 0.229 e. The van der Waals surface area contributed by atoms with Gasteiger partial charge in [-0.15, -0.1) is 0 Å². The first-order valence-electron chi connectivity index (χ1n) is 8.20. The average Bonchev–Trinajstić information content (AvgIpc) is 2.42. The van der Waals surface area contributed by atoms with E-state index in [1.165, 1.54) is 0 Å². The number of pyridine rings is 1. The molecule has 0 spiro atoms. The highest BCUT2D eigenvalue weighted by Gasteiger charge is 2.43. The van der Waals surface area contributed by atoms with E-state index >= 15 is 0 Å². The molecule has 4 nitrogen and oxygen atoms in total. The minimum atomic E-state index is -0.719. The molecule has 0 aliphatic heterocycles. The van der Waals surface area contributed by atoms with Crippen LogP contribution in [0.5, 0.6) is 0 Å². The number of aromatic nitrogens is 1. The van der Waals surface area contributed by atoms with Gasteiger partial charge in [-0.3, -0.25) is 14.7 Å². The highest BCUT2D eigenvalue weighted by molar-refractivity contribution is 5.86. The molecule has 4 heteroatoms. The third-order valence-electron chi connectivity index (χ3n) is 4.64. The number of amides is 1. The summed E-state index contributed by atoms with van der Waals surface area (Å²) in [6.45, 7) is 13.7. The van der Waals surface area contributed by atoms with Crippen molar-refractivity contribution in [3.8, 4) is 0 Å². The number of nitrogens with zero attached hydrogens (tertiary/aromatic N) is 2. The summed E-state index contributed by atoms with van der Waals surface area (Å²) >= 11 is 0. The van der Waals surface area contributed by atoms with Crippen LogP contribution in [0.2, 0.25) is 0 Å². The molecule has 0 radical (unpaired) electrons. The van der Waals surface area contributed by atoms with Crippen molar-refractivity contribution in [2.75, 3.05) is 6.54 Å². The molecule has 1 rings (SSSR count). The summed E-state index contributed by atoms with van der Waals surface area (Å²) in [5, 5.41) is 0. The van der Waals surface area contributed by atoms with Crippen molar-refractivity contribution in [2.24, 2.45) is 11.7 Å². The predicted molar refractivity (Wildman–Crippen MR) is 91.5 cm³/mol. The molecule has 0 fully saturated rings. The van der Waals surface area contributed by atoms with Crippen LogP contribution in [0.25, 0.3) is 0 Å². The Kier molecular flexibility index (Phi) is 6.54. The summed E-state index contributed by atoms with van der Waals surface area (Å²) in [6, 6.07) is 6.57. The Labute approximate surface area is 135 Å². The lowest BCUT2D eigenvalue weighted by atomic mass is 9.70. The van der Waals surface area contributed by atoms with Crippen LogP contribution in [0.1, 0.15) is 53.7 Å². The highest BCUT2D eigenvalue weighted by Crippen LogP contribution is 2.35. The van der Waals surface area contributed by atoms with Gasteiger partial charge in [0.15, 0.2) is 0 Å². The van der Waals surface area contributed by atoms with E-state index in [0.717, 1.165) is 12.2 Å². The molecule has 1 aromatic heterocycles. The van der Waals surface area contributed by atoms with Crippen molar-refractivity contribution in [2.45, 2.75) is 65.5 Å². The summed E-state index contributed by atoms with van der Waals surface area (Å²) in [6.07, 6.45) is 2.42. The van der Waals surface area contributed by atoms with Crippen LogP contribution in [-0.4, -0.2) is 34.4 Å². The monoisotopic (exact) mass is 305 g/mol. The number of rotatable bonds is 8. The van der Waals surface area contributed by atoms with Crippen LogP contribution >= 0.6 is 0 Å². The van der Waals surface area contributed by atoms with Gasteiger partial charge in [0.1, 0.15) is 0 Å². The minimum Gasteiger partial charge on any atom is -0.369 e. The van der Waals surface area contributed by atoms with Crippen molar-refractivity contribution in [1.29, 1.82) is 0 Å². The van der Waals surface area contributed by atoms with Crippen molar-refractivity contribution in [3.05, 3.63) is 30.1 Å². The normalized spacial score (nSPS) is 14.8. The first-order chi connectivity index (χ1) is 10.2. The van der Waals surface area contributed by atoms with Gasteiger partial charge in [-0.2, -0.15) is 0 Å². The molecule has 1 atom stereocenters. The second-order valence-corrected chi connectivity index (χ2v) is 6.88. The van der Waals surface area contributed by atoms with E-state index in [1.54, 1.807) is 6.20 Å². The summed E-state index contributed by atoms with van der Waals surface area (Å²) in [4.78, 5) is 19.2. The maximum absolute atomic E-state index is 12.4. The van der Waals surface area contributed by atoms with Crippen molar-refractivity contribution in [3.63, 3.8) is 0 Å². The molecule has 0 saturated carbocycles. The van der Waals surface area contributed by atoms with Crippen LogP contribution in [0.15, 0.2) is 24.4 Å². The molecule has 0 saturated heterocycles. The Morgan fingerprint density at radius 3 is 2.14 bits per heavy atom. The van der Waals surface area contributed by atoms with Crippen molar-refractivity contribution >= 4 is 5.91 Å². The van der Waals surface area contributed by atoms with Gasteiger partial charge in [-0.25, -0.2) is 0 Å².